The lowest BCUT2D eigenvalue weighted by atomic mass is 10.5. The van der Waals surface area contributed by atoms with Gasteiger partial charge < -0.3 is 14.4 Å². The largest absolute Gasteiger partial charge is 0.466 e. The van der Waals surface area contributed by atoms with E-state index in [4.69, 9.17) is 4.74 Å². The maximum atomic E-state index is 9.82. The van der Waals surface area contributed by atoms with Crippen molar-refractivity contribution >= 4 is 5.97 Å². The maximum Gasteiger partial charge on any atom is 0.302 e. The van der Waals surface area contributed by atoms with E-state index in [-0.39, 0.29) is 5.97 Å². The number of morpholine rings is 1. The number of hydrogen-bond donors (Lipinski definition) is 0. The molecular formula is C9H19NO3. The minimum Gasteiger partial charge on any atom is -0.466 e. The van der Waals surface area contributed by atoms with Crippen LogP contribution in [0.1, 0.15) is 13.8 Å². The Morgan fingerprint density at radius 3 is 2.15 bits per heavy atom. The Balaban J connectivity index is 0.000000226. The standard InChI is InChI=1S/C5H11NO.C4H8O2/c1-6-2-4-7-5-3-6;1-3-6-4(2)5/h2-5H2,1H3;3H2,1-2H3. The summed E-state index contributed by atoms with van der Waals surface area (Å²) in [6, 6.07) is 0. The van der Waals surface area contributed by atoms with Gasteiger partial charge in [-0.1, -0.05) is 0 Å². The zero-order valence-corrected chi connectivity index (χ0v) is 8.71. The second-order valence-corrected chi connectivity index (χ2v) is 2.84. The minimum atomic E-state index is -0.211. The fraction of sp³-hybridized carbons (Fsp3) is 0.889. The lowest BCUT2D eigenvalue weighted by Gasteiger charge is -2.21. The zero-order valence-electron chi connectivity index (χ0n) is 8.71. The maximum absolute atomic E-state index is 9.82. The predicted octanol–water partition coefficient (Wildman–Crippen LogP) is 0.518. The van der Waals surface area contributed by atoms with Crippen molar-refractivity contribution in [2.24, 2.45) is 0 Å². The summed E-state index contributed by atoms with van der Waals surface area (Å²) < 4.78 is 9.50. The van der Waals surface area contributed by atoms with Crippen LogP contribution in [0, 0.1) is 0 Å². The highest BCUT2D eigenvalue weighted by molar-refractivity contribution is 5.65. The molecule has 4 nitrogen and oxygen atoms in total. The van der Waals surface area contributed by atoms with Crippen LogP contribution in [0.15, 0.2) is 0 Å². The fourth-order valence-corrected chi connectivity index (χ4v) is 0.858. The summed E-state index contributed by atoms with van der Waals surface area (Å²) in [5, 5.41) is 0. The van der Waals surface area contributed by atoms with Crippen molar-refractivity contribution in [3.05, 3.63) is 0 Å². The third kappa shape index (κ3) is 9.30. The number of nitrogens with zero attached hydrogens (tertiary/aromatic N) is 1. The lowest BCUT2D eigenvalue weighted by molar-refractivity contribution is -0.140. The van der Waals surface area contributed by atoms with Gasteiger partial charge in [0.15, 0.2) is 0 Å². The number of hydrogen-bond acceptors (Lipinski definition) is 4. The molecule has 0 amide bonds. The van der Waals surface area contributed by atoms with Crippen LogP contribution in [0.4, 0.5) is 0 Å². The number of carbonyl (C=O) groups excluding carboxylic acids is 1. The highest BCUT2D eigenvalue weighted by atomic mass is 16.5. The molecule has 0 aromatic carbocycles. The lowest BCUT2D eigenvalue weighted by Crippen LogP contribution is -2.32. The average molecular weight is 189 g/mol. The Morgan fingerprint density at radius 2 is 2.00 bits per heavy atom. The molecule has 1 aliphatic heterocycles. The van der Waals surface area contributed by atoms with Gasteiger partial charge in [-0.3, -0.25) is 4.79 Å². The molecule has 0 unspecified atom stereocenters. The highest BCUT2D eigenvalue weighted by Crippen LogP contribution is 1.89. The molecule has 0 aromatic rings. The zero-order chi connectivity index (χ0) is 10.1. The van der Waals surface area contributed by atoms with Gasteiger partial charge in [-0.15, -0.1) is 0 Å². The van der Waals surface area contributed by atoms with Gasteiger partial charge in [0, 0.05) is 20.0 Å². The third-order valence-corrected chi connectivity index (χ3v) is 1.58. The van der Waals surface area contributed by atoms with E-state index in [2.05, 4.69) is 16.7 Å². The summed E-state index contributed by atoms with van der Waals surface area (Å²) in [6.07, 6.45) is 0. The molecule has 0 spiro atoms. The van der Waals surface area contributed by atoms with Gasteiger partial charge in [-0.05, 0) is 14.0 Å². The molecule has 0 aromatic heterocycles. The first-order valence-electron chi connectivity index (χ1n) is 4.56. The first-order chi connectivity index (χ1) is 6.16. The molecule has 0 saturated carbocycles. The molecule has 78 valence electrons. The smallest absolute Gasteiger partial charge is 0.302 e. The van der Waals surface area contributed by atoms with Crippen LogP contribution in [-0.2, 0) is 14.3 Å². The predicted molar refractivity (Wildman–Crippen MR) is 50.6 cm³/mol. The number of ether oxygens (including phenoxy) is 2. The monoisotopic (exact) mass is 189 g/mol. The summed E-state index contributed by atoms with van der Waals surface area (Å²) in [5.41, 5.74) is 0. The molecule has 0 N–H and O–H groups in total. The normalized spacial score (nSPS) is 17.2. The van der Waals surface area contributed by atoms with Crippen molar-refractivity contribution in [2.45, 2.75) is 13.8 Å². The van der Waals surface area contributed by atoms with Crippen molar-refractivity contribution in [3.63, 3.8) is 0 Å². The molecule has 0 aliphatic carbocycles. The Morgan fingerprint density at radius 1 is 1.46 bits per heavy atom. The minimum absolute atomic E-state index is 0.211. The second kappa shape index (κ2) is 8.01. The quantitative estimate of drug-likeness (QED) is 0.564. The van der Waals surface area contributed by atoms with Crippen LogP contribution < -0.4 is 0 Å². The van der Waals surface area contributed by atoms with Gasteiger partial charge >= 0.3 is 5.97 Å². The van der Waals surface area contributed by atoms with E-state index in [1.54, 1.807) is 6.92 Å². The SMILES string of the molecule is CCOC(C)=O.CN1CCOCC1. The fourth-order valence-electron chi connectivity index (χ4n) is 0.858. The molecule has 0 radical (unpaired) electrons. The number of rotatable bonds is 1. The highest BCUT2D eigenvalue weighted by Gasteiger charge is 2.02. The van der Waals surface area contributed by atoms with E-state index in [1.165, 1.54) is 6.92 Å². The number of likely N-dealkylation sites (N-methyl/N-ethyl adjacent to an activating group) is 1. The molecule has 1 fully saturated rings. The van der Waals surface area contributed by atoms with Crippen LogP contribution in [0.25, 0.3) is 0 Å². The van der Waals surface area contributed by atoms with E-state index in [0.717, 1.165) is 26.3 Å². The van der Waals surface area contributed by atoms with Crippen molar-refractivity contribution in [2.75, 3.05) is 40.0 Å². The molecule has 1 aliphatic rings. The molecule has 4 heteroatoms. The van der Waals surface area contributed by atoms with E-state index in [1.807, 2.05) is 0 Å². The van der Waals surface area contributed by atoms with Crippen LogP contribution in [0.5, 0.6) is 0 Å². The first-order valence-corrected chi connectivity index (χ1v) is 4.56. The van der Waals surface area contributed by atoms with Gasteiger partial charge in [-0.25, -0.2) is 0 Å². The van der Waals surface area contributed by atoms with E-state index < -0.39 is 0 Å². The van der Waals surface area contributed by atoms with E-state index in [0.29, 0.717) is 6.61 Å². The number of esters is 1. The Hall–Kier alpha value is -0.610. The molecule has 13 heavy (non-hydrogen) atoms. The average Bonchev–Trinajstić information content (AvgIpc) is 2.06. The Bertz CT molecular complexity index is 133. The summed E-state index contributed by atoms with van der Waals surface area (Å²) in [5.74, 6) is -0.211. The molecule has 0 bridgehead atoms. The van der Waals surface area contributed by atoms with Gasteiger partial charge in [0.05, 0.1) is 19.8 Å². The van der Waals surface area contributed by atoms with Crippen LogP contribution in [-0.4, -0.2) is 50.8 Å². The van der Waals surface area contributed by atoms with Gasteiger partial charge in [-0.2, -0.15) is 0 Å². The Labute approximate surface area is 79.8 Å². The van der Waals surface area contributed by atoms with Gasteiger partial charge in [0.1, 0.15) is 0 Å². The van der Waals surface area contributed by atoms with Crippen molar-refractivity contribution in [3.8, 4) is 0 Å². The Kier molecular flexibility index (Phi) is 7.63. The topological polar surface area (TPSA) is 38.8 Å². The third-order valence-electron chi connectivity index (χ3n) is 1.58. The van der Waals surface area contributed by atoms with E-state index >= 15 is 0 Å². The molecular weight excluding hydrogens is 170 g/mol. The molecule has 1 heterocycles. The van der Waals surface area contributed by atoms with Crippen molar-refractivity contribution in [1.82, 2.24) is 4.90 Å². The molecule has 0 atom stereocenters. The van der Waals surface area contributed by atoms with E-state index in [9.17, 15) is 4.79 Å². The van der Waals surface area contributed by atoms with Crippen LogP contribution in [0.3, 0.4) is 0 Å². The van der Waals surface area contributed by atoms with Crippen molar-refractivity contribution < 1.29 is 14.3 Å². The van der Waals surface area contributed by atoms with Crippen molar-refractivity contribution in [1.29, 1.82) is 0 Å². The summed E-state index contributed by atoms with van der Waals surface area (Å²) in [6.45, 7) is 7.67. The second-order valence-electron chi connectivity index (χ2n) is 2.84. The summed E-state index contributed by atoms with van der Waals surface area (Å²) in [7, 11) is 2.11. The molecule has 1 saturated heterocycles. The van der Waals surface area contributed by atoms with Crippen LogP contribution >= 0.6 is 0 Å². The number of carbonyl (C=O) groups is 1. The van der Waals surface area contributed by atoms with Gasteiger partial charge in [0.25, 0.3) is 0 Å². The summed E-state index contributed by atoms with van der Waals surface area (Å²) in [4.78, 5) is 12.1. The van der Waals surface area contributed by atoms with Gasteiger partial charge in [0.2, 0.25) is 0 Å². The summed E-state index contributed by atoms with van der Waals surface area (Å²) >= 11 is 0. The first kappa shape index (κ1) is 12.4. The molecule has 1 rings (SSSR count). The van der Waals surface area contributed by atoms with Crippen LogP contribution in [0.2, 0.25) is 0 Å².